The molecule has 1 amide bonds. The third-order valence-electron chi connectivity index (χ3n) is 9.73. The van der Waals surface area contributed by atoms with Gasteiger partial charge in [0.2, 0.25) is 5.91 Å². The average Bonchev–Trinajstić information content (AvgIpc) is 3.07. The second-order valence-electron chi connectivity index (χ2n) is 16.1. The molecule has 9 heteroatoms. The van der Waals surface area contributed by atoms with Crippen LogP contribution < -0.4 is 5.32 Å². The van der Waals surface area contributed by atoms with Crippen LogP contribution in [0, 0.1) is 0 Å². The molecule has 304 valence electrons. The van der Waals surface area contributed by atoms with Gasteiger partial charge in [0.15, 0.2) is 0 Å². The van der Waals surface area contributed by atoms with Gasteiger partial charge < -0.3 is 19.8 Å². The van der Waals surface area contributed by atoms with Crippen molar-refractivity contribution < 1.29 is 32.9 Å². The Bertz CT molecular complexity index is 850. The summed E-state index contributed by atoms with van der Waals surface area (Å²) in [5, 5.41) is 13.4. The first-order valence-corrected chi connectivity index (χ1v) is 23.1. The Balaban J connectivity index is 3.76. The summed E-state index contributed by atoms with van der Waals surface area (Å²) in [5.41, 5.74) is 0. The average molecular weight is 746 g/mol. The number of carbonyl (C=O) groups is 1. The van der Waals surface area contributed by atoms with Crippen LogP contribution in [0.2, 0.25) is 0 Å². The zero-order valence-corrected chi connectivity index (χ0v) is 35.3. The molecule has 0 aliphatic heterocycles. The lowest BCUT2D eigenvalue weighted by molar-refractivity contribution is -0.870. The lowest BCUT2D eigenvalue weighted by Gasteiger charge is -2.25. The molecule has 0 aliphatic rings. The van der Waals surface area contributed by atoms with Gasteiger partial charge in [-0.25, -0.2) is 4.57 Å². The molecule has 0 aromatic rings. The maximum absolute atomic E-state index is 12.3. The van der Waals surface area contributed by atoms with Crippen molar-refractivity contribution in [1.82, 2.24) is 5.32 Å². The molecule has 0 rings (SSSR count). The molecule has 3 N–H and O–H groups in total. The summed E-state index contributed by atoms with van der Waals surface area (Å²) < 4.78 is 23.1. The Labute approximate surface area is 316 Å². The van der Waals surface area contributed by atoms with E-state index in [2.05, 4.69) is 12.2 Å². The highest BCUT2D eigenvalue weighted by Gasteiger charge is 2.27. The van der Waals surface area contributed by atoms with Crippen LogP contribution in [0.5, 0.6) is 0 Å². The molecule has 0 radical (unpaired) electrons. The largest absolute Gasteiger partial charge is 0.472 e. The number of aliphatic hydroxyl groups excluding tert-OH is 1. The molecule has 0 spiro atoms. The summed E-state index contributed by atoms with van der Waals surface area (Å²) in [5.74, 6) is -0.229. The van der Waals surface area contributed by atoms with Gasteiger partial charge in [-0.2, -0.15) is 0 Å². The number of aliphatic hydroxyl groups is 1. The number of nitrogens with one attached hydrogen (secondary N) is 1. The number of rotatable bonds is 39. The van der Waals surface area contributed by atoms with Gasteiger partial charge in [-0.3, -0.25) is 13.8 Å². The van der Waals surface area contributed by atoms with E-state index in [1.165, 1.54) is 154 Å². The van der Waals surface area contributed by atoms with Crippen LogP contribution >= 0.6 is 7.82 Å². The first-order valence-electron chi connectivity index (χ1n) is 21.6. The number of phosphoric acid groups is 1. The monoisotopic (exact) mass is 746 g/mol. The fraction of sp³-hybridized carbons (Fsp3) is 0.929. The summed E-state index contributed by atoms with van der Waals surface area (Å²) in [6.45, 7) is 4.47. The zero-order chi connectivity index (χ0) is 37.9. The van der Waals surface area contributed by atoms with Crippen molar-refractivity contribution in [3.63, 3.8) is 0 Å². The Morgan fingerprint density at radius 1 is 0.647 bits per heavy atom. The SMILES string of the molecule is CCCCCCCCCCCCCCCCCCCCCCCCCCCC/C=C/C(O)C(COP(=O)(O)OCC[N+](C)(C)C)NC(=O)CCC. The van der Waals surface area contributed by atoms with E-state index < -0.39 is 20.0 Å². The first-order chi connectivity index (χ1) is 24.5. The number of likely N-dealkylation sites (N-methyl/N-ethyl adjacent to an activating group) is 1. The van der Waals surface area contributed by atoms with Crippen molar-refractivity contribution >= 4 is 13.7 Å². The van der Waals surface area contributed by atoms with Gasteiger partial charge in [-0.05, 0) is 19.3 Å². The quantitative estimate of drug-likeness (QED) is 0.0250. The standard InChI is InChI=1S/C42H85N2O6P/c1-6-8-9-10-11-12-13-14-15-16-17-18-19-20-21-22-23-24-25-26-27-28-29-30-31-32-33-34-36-41(45)40(43-42(46)35-7-2)39-50-51(47,48)49-38-37-44(3,4)5/h34,36,40-41,45H,6-33,35,37-39H2,1-5H3,(H-,43,46,47,48)/p+1/b36-34+. The van der Waals surface area contributed by atoms with Crippen molar-refractivity contribution in [2.24, 2.45) is 0 Å². The number of carbonyl (C=O) groups excluding carboxylic acids is 1. The molecule has 0 aromatic heterocycles. The summed E-state index contributed by atoms with van der Waals surface area (Å²) >= 11 is 0. The van der Waals surface area contributed by atoms with Gasteiger partial charge in [-0.1, -0.05) is 187 Å². The predicted molar refractivity (Wildman–Crippen MR) is 217 cm³/mol. The van der Waals surface area contributed by atoms with E-state index in [1.54, 1.807) is 6.08 Å². The molecule has 0 saturated heterocycles. The van der Waals surface area contributed by atoms with Crippen LogP contribution in [0.15, 0.2) is 12.2 Å². The molecule has 0 aromatic carbocycles. The van der Waals surface area contributed by atoms with Gasteiger partial charge in [0, 0.05) is 6.42 Å². The molecule has 51 heavy (non-hydrogen) atoms. The smallest absolute Gasteiger partial charge is 0.387 e. The highest BCUT2D eigenvalue weighted by Crippen LogP contribution is 2.43. The Kier molecular flexibility index (Phi) is 34.5. The molecule has 0 bridgehead atoms. The third kappa shape index (κ3) is 37.4. The van der Waals surface area contributed by atoms with Crippen molar-refractivity contribution in [1.29, 1.82) is 0 Å². The number of hydrogen-bond donors (Lipinski definition) is 3. The highest BCUT2D eigenvalue weighted by atomic mass is 31.2. The fourth-order valence-corrected chi connectivity index (χ4v) is 7.06. The number of phosphoric ester groups is 1. The molecule has 3 atom stereocenters. The summed E-state index contributed by atoms with van der Waals surface area (Å²) in [6.07, 6.45) is 40.3. The molecule has 0 heterocycles. The van der Waals surface area contributed by atoms with E-state index in [-0.39, 0.29) is 19.1 Å². The molecule has 3 unspecified atom stereocenters. The summed E-state index contributed by atoms with van der Waals surface area (Å²) in [7, 11) is 1.57. The van der Waals surface area contributed by atoms with Gasteiger partial charge >= 0.3 is 7.82 Å². The third-order valence-corrected chi connectivity index (χ3v) is 10.7. The number of hydrogen-bond acceptors (Lipinski definition) is 5. The van der Waals surface area contributed by atoms with Crippen molar-refractivity contribution in [2.75, 3.05) is 40.9 Å². The maximum atomic E-state index is 12.3. The maximum Gasteiger partial charge on any atom is 0.472 e. The molecule has 0 saturated carbocycles. The lowest BCUT2D eigenvalue weighted by atomic mass is 10.0. The topological polar surface area (TPSA) is 105 Å². The Hall–Kier alpha value is -0.760. The van der Waals surface area contributed by atoms with Crippen LogP contribution in [0.4, 0.5) is 0 Å². The zero-order valence-electron chi connectivity index (χ0n) is 34.4. The minimum Gasteiger partial charge on any atom is -0.387 e. The minimum atomic E-state index is -4.30. The molecule has 8 nitrogen and oxygen atoms in total. The Morgan fingerprint density at radius 3 is 1.41 bits per heavy atom. The number of quaternary nitrogens is 1. The Morgan fingerprint density at radius 2 is 1.04 bits per heavy atom. The van der Waals surface area contributed by atoms with Crippen molar-refractivity contribution in [3.05, 3.63) is 12.2 Å². The van der Waals surface area contributed by atoms with Gasteiger partial charge in [0.1, 0.15) is 13.2 Å². The van der Waals surface area contributed by atoms with Gasteiger partial charge in [0.05, 0.1) is 39.9 Å². The number of amides is 1. The molecular formula is C42H86N2O6P+. The molecular weight excluding hydrogens is 659 g/mol. The normalized spacial score (nSPS) is 14.6. The fourth-order valence-electron chi connectivity index (χ4n) is 6.32. The molecule has 0 fully saturated rings. The van der Waals surface area contributed by atoms with Crippen LogP contribution in [-0.4, -0.2) is 73.4 Å². The number of allylic oxidation sites excluding steroid dienone is 1. The highest BCUT2D eigenvalue weighted by molar-refractivity contribution is 7.47. The summed E-state index contributed by atoms with van der Waals surface area (Å²) in [6, 6.07) is -0.836. The predicted octanol–water partition coefficient (Wildman–Crippen LogP) is 11.6. The van der Waals surface area contributed by atoms with Crippen LogP contribution in [0.25, 0.3) is 0 Å². The van der Waals surface area contributed by atoms with E-state index in [4.69, 9.17) is 9.05 Å². The van der Waals surface area contributed by atoms with E-state index in [0.29, 0.717) is 23.9 Å². The molecule has 0 aliphatic carbocycles. The van der Waals surface area contributed by atoms with Gasteiger partial charge in [-0.15, -0.1) is 0 Å². The van der Waals surface area contributed by atoms with Gasteiger partial charge in [0.25, 0.3) is 0 Å². The first kappa shape index (κ1) is 50.2. The van der Waals surface area contributed by atoms with Crippen LogP contribution in [-0.2, 0) is 18.4 Å². The van der Waals surface area contributed by atoms with Crippen molar-refractivity contribution in [3.8, 4) is 0 Å². The van der Waals surface area contributed by atoms with E-state index in [0.717, 1.165) is 19.3 Å². The summed E-state index contributed by atoms with van der Waals surface area (Å²) in [4.78, 5) is 22.3. The van der Waals surface area contributed by atoms with Crippen LogP contribution in [0.3, 0.4) is 0 Å². The van der Waals surface area contributed by atoms with E-state index in [1.807, 2.05) is 34.1 Å². The second-order valence-corrected chi connectivity index (χ2v) is 17.5. The van der Waals surface area contributed by atoms with E-state index >= 15 is 0 Å². The van der Waals surface area contributed by atoms with E-state index in [9.17, 15) is 19.4 Å². The number of unbranched alkanes of at least 4 members (excludes halogenated alkanes) is 26. The second kappa shape index (κ2) is 35.0. The van der Waals surface area contributed by atoms with Crippen LogP contribution in [0.1, 0.15) is 200 Å². The van der Waals surface area contributed by atoms with Crippen molar-refractivity contribution in [2.45, 2.75) is 212 Å². The number of nitrogens with zero attached hydrogens (tertiary/aromatic N) is 1. The minimum absolute atomic E-state index is 0.0617. The lowest BCUT2D eigenvalue weighted by Crippen LogP contribution is -2.45.